The van der Waals surface area contributed by atoms with E-state index in [4.69, 9.17) is 29.7 Å². The lowest BCUT2D eigenvalue weighted by molar-refractivity contribution is 0.0110. The minimum atomic E-state index is -0.699. The fourth-order valence-electron chi connectivity index (χ4n) is 20.3. The van der Waals surface area contributed by atoms with Gasteiger partial charge in [0.2, 0.25) is 0 Å². The molecule has 8 aliphatic rings. The van der Waals surface area contributed by atoms with E-state index in [0.29, 0.717) is 106 Å². The Hall–Kier alpha value is -15.8. The highest BCUT2D eigenvalue weighted by molar-refractivity contribution is 6.10. The maximum atomic E-state index is 13.6. The molecule has 35 nitrogen and oxygen atoms in total. The summed E-state index contributed by atoms with van der Waals surface area (Å²) in [5.41, 5.74) is 21.4. The Morgan fingerprint density at radius 3 is 1.60 bits per heavy atom. The van der Waals surface area contributed by atoms with Crippen LogP contribution in [0.2, 0.25) is 0 Å². The summed E-state index contributed by atoms with van der Waals surface area (Å²) in [6, 6.07) is 39.0. The van der Waals surface area contributed by atoms with Crippen molar-refractivity contribution in [3.05, 3.63) is 257 Å². The van der Waals surface area contributed by atoms with Gasteiger partial charge in [0.1, 0.15) is 63.3 Å². The van der Waals surface area contributed by atoms with Crippen LogP contribution in [0.25, 0.3) is 83.8 Å². The predicted octanol–water partition coefficient (Wildman–Crippen LogP) is 13.7. The van der Waals surface area contributed by atoms with Gasteiger partial charge in [-0.15, -0.1) is 0 Å². The van der Waals surface area contributed by atoms with Crippen molar-refractivity contribution in [3.63, 3.8) is 0 Å². The number of anilines is 11. The number of morpholine rings is 1. The Morgan fingerprint density at radius 2 is 1.01 bits per heavy atom. The van der Waals surface area contributed by atoms with Crippen LogP contribution in [0.3, 0.4) is 0 Å². The molecule has 718 valence electrons. The number of ether oxygens (including phenoxy) is 1. The second-order valence-corrected chi connectivity index (χ2v) is 37.3. The number of pyridine rings is 11. The zero-order valence-electron chi connectivity index (χ0n) is 79.5. The van der Waals surface area contributed by atoms with Gasteiger partial charge in [-0.2, -0.15) is 0 Å². The molecule has 141 heavy (non-hydrogen) atoms. The van der Waals surface area contributed by atoms with Crippen molar-refractivity contribution in [2.45, 2.75) is 97.2 Å². The van der Waals surface area contributed by atoms with Gasteiger partial charge < -0.3 is 91.4 Å². The van der Waals surface area contributed by atoms with Gasteiger partial charge in [-0.25, -0.2) is 44.3 Å². The standard InChI is InChI=1S/C29H33N7O2.C26H28N8O.C25H23FN6O2.C25H26N8O/c1-17-12-21-20(9-10-30-27(21)35(17)4)26-22-14-33-28(37)25(22)23(15-32-26)34-24-8-7-19(13-31-24)36-11-5-6-18(16-36)29(2,3)38;1-27-16-5-4-11-34(15-16)22-7-3-6-21(32-22)31-20-14-29-24(19-13-30-26(35)23(19)20)17-8-10-28-25-18(17)9-12-33(25)2;26-17-5-6-32-21(14-28-23(32)11-17)18-2-3-20(24-19(18)13-29-25(24)33)30-22-4-1-16(12-27-22)15-31-7-9-34-10-8-31;1-32-12-7-17-16(6-9-27-24(17)32)23-18-14-29-25(34)22(18)19(15-28-23)30-20-4-2-5-21(31-20)33-11-3-8-26-10-13-33/h7-10,12-13,15,18,38H,5-6,11,14,16H2,1-4H3,(H,31,34)(H,33,37);3,6-10,12,14,16,27H,4-5,11,13,15H2,1-2H3,(H,30,35)(H,31,32);1-6,11-12,14H,7-10,13,15H2,(H,27,30)(H,29,33);2,4-7,9,12,15,26H,3,8,10-11,13-14H2,1H3,(H,29,34)(H,30,31)/t18-;16-;;/m11../s1. The van der Waals surface area contributed by atoms with Gasteiger partial charge in [0.05, 0.1) is 123 Å². The summed E-state index contributed by atoms with van der Waals surface area (Å²) in [7, 11) is 7.95. The Kier molecular flexibility index (Phi) is 25.5. The van der Waals surface area contributed by atoms with Gasteiger partial charge in [0.25, 0.3) is 23.6 Å². The van der Waals surface area contributed by atoms with Gasteiger partial charge >= 0.3 is 0 Å². The molecule has 0 saturated carbocycles. The van der Waals surface area contributed by atoms with Crippen molar-refractivity contribution in [2.75, 3.05) is 122 Å². The molecular formula is C105H110FN29O6. The molecule has 0 unspecified atom stereocenters. The molecule has 0 aliphatic carbocycles. The fourth-order valence-corrected chi connectivity index (χ4v) is 20.3. The van der Waals surface area contributed by atoms with Crippen molar-refractivity contribution in [1.29, 1.82) is 0 Å². The number of carbonyl (C=O) groups is 4. The quantitative estimate of drug-likeness (QED) is 0.0358. The molecule has 15 aromatic heterocycles. The lowest BCUT2D eigenvalue weighted by atomic mass is 9.84. The summed E-state index contributed by atoms with van der Waals surface area (Å²) < 4.78 is 26.8. The van der Waals surface area contributed by atoms with Crippen molar-refractivity contribution >= 4 is 126 Å². The zero-order valence-corrected chi connectivity index (χ0v) is 79.5. The molecule has 4 fully saturated rings. The van der Waals surface area contributed by atoms with E-state index < -0.39 is 5.60 Å². The van der Waals surface area contributed by atoms with Crippen LogP contribution in [0, 0.1) is 18.7 Å². The maximum absolute atomic E-state index is 13.6. The summed E-state index contributed by atoms with van der Waals surface area (Å²) in [6.07, 6.45) is 27.1. The number of imidazole rings is 1. The van der Waals surface area contributed by atoms with E-state index in [1.807, 2.05) is 177 Å². The topological polar surface area (TPSA) is 392 Å². The van der Waals surface area contributed by atoms with Crippen molar-refractivity contribution in [3.8, 4) is 45.0 Å². The Labute approximate surface area is 812 Å². The van der Waals surface area contributed by atoms with E-state index in [1.54, 1.807) is 49.6 Å². The molecule has 23 heterocycles. The first-order valence-electron chi connectivity index (χ1n) is 48.0. The number of piperidine rings is 2. The average molecular weight is 1890 g/mol. The van der Waals surface area contributed by atoms with E-state index in [1.165, 1.54) is 18.6 Å². The van der Waals surface area contributed by atoms with Crippen molar-refractivity contribution in [1.82, 2.24) is 110 Å². The summed E-state index contributed by atoms with van der Waals surface area (Å²) in [4.78, 5) is 112. The molecule has 0 radical (unpaired) electrons. The fraction of sp³-hybridized carbons (Fsp3) is 0.305. The van der Waals surface area contributed by atoms with Gasteiger partial charge in [0, 0.05) is 235 Å². The van der Waals surface area contributed by atoms with E-state index in [2.05, 4.69) is 126 Å². The van der Waals surface area contributed by atoms with Crippen LogP contribution >= 0.6 is 0 Å². The molecule has 8 aliphatic heterocycles. The van der Waals surface area contributed by atoms with Gasteiger partial charge in [-0.3, -0.25) is 43.4 Å². The smallest absolute Gasteiger partial charge is 0.254 e. The number of aliphatic hydroxyl groups is 1. The minimum absolute atomic E-state index is 0.103. The number of nitrogens with one attached hydrogen (secondary N) is 10. The van der Waals surface area contributed by atoms with Crippen molar-refractivity contribution in [2.24, 2.45) is 27.1 Å². The lowest BCUT2D eigenvalue weighted by Crippen LogP contribution is -2.44. The van der Waals surface area contributed by atoms with Crippen molar-refractivity contribution < 1.29 is 33.4 Å². The molecule has 2 atom stereocenters. The van der Waals surface area contributed by atoms with Crippen LogP contribution < -0.4 is 67.9 Å². The summed E-state index contributed by atoms with van der Waals surface area (Å²) in [5, 5.41) is 45.5. The number of amides is 4. The van der Waals surface area contributed by atoms with Gasteiger partial charge in [0.15, 0.2) is 0 Å². The Morgan fingerprint density at radius 1 is 0.475 bits per heavy atom. The molecule has 24 rings (SSSR count). The first kappa shape index (κ1) is 91.6. The number of benzene rings is 1. The third kappa shape index (κ3) is 18.7. The molecule has 16 aromatic rings. The van der Waals surface area contributed by atoms with E-state index in [-0.39, 0.29) is 35.4 Å². The Bertz CT molecular complexity index is 7480. The van der Waals surface area contributed by atoms with E-state index >= 15 is 0 Å². The second kappa shape index (κ2) is 39.3. The number of aromatic nitrogens is 15. The molecule has 4 amide bonds. The van der Waals surface area contributed by atoms with Crippen LogP contribution in [0.15, 0.2) is 196 Å². The average Bonchev–Trinajstić information content (AvgIpc) is 1.62. The van der Waals surface area contributed by atoms with Crippen LogP contribution in [0.1, 0.15) is 121 Å². The molecule has 1 aromatic carbocycles. The monoisotopic (exact) mass is 1890 g/mol. The molecule has 4 saturated heterocycles. The van der Waals surface area contributed by atoms with Crippen LogP contribution in [-0.2, 0) is 58.6 Å². The molecule has 36 heteroatoms. The highest BCUT2D eigenvalue weighted by Crippen LogP contribution is 2.43. The van der Waals surface area contributed by atoms with Gasteiger partial charge in [-0.05, 0) is 169 Å². The Balaban J connectivity index is 0.000000112. The highest BCUT2D eigenvalue weighted by atomic mass is 19.1. The molecule has 0 bridgehead atoms. The van der Waals surface area contributed by atoms with E-state index in [0.717, 1.165) is 240 Å². The number of fused-ring (bicyclic) bond motifs is 8. The predicted molar refractivity (Wildman–Crippen MR) is 543 cm³/mol. The third-order valence-corrected chi connectivity index (χ3v) is 27.9. The number of aryl methyl sites for hydroxylation is 4. The second-order valence-electron chi connectivity index (χ2n) is 37.3. The number of halogens is 1. The summed E-state index contributed by atoms with van der Waals surface area (Å²) in [6.45, 7) is 19.3. The summed E-state index contributed by atoms with van der Waals surface area (Å²) >= 11 is 0. The van der Waals surface area contributed by atoms with Crippen LogP contribution in [0.5, 0.6) is 0 Å². The first-order chi connectivity index (χ1) is 68.7. The molecular weight excluding hydrogens is 1780 g/mol. The number of nitrogens with zero attached hydrogens (tertiary/aromatic N) is 19. The molecule has 0 spiro atoms. The minimum Gasteiger partial charge on any atom is -0.390 e. The first-order valence-corrected chi connectivity index (χ1v) is 48.0. The van der Waals surface area contributed by atoms with E-state index in [9.17, 15) is 28.7 Å². The van der Waals surface area contributed by atoms with Crippen LogP contribution in [-0.4, -0.2) is 204 Å². The summed E-state index contributed by atoms with van der Waals surface area (Å²) in [5.74, 6) is 3.99. The molecule has 11 N–H and O–H groups in total. The number of hydrogen-bond acceptors (Lipinski definition) is 27. The largest absolute Gasteiger partial charge is 0.390 e. The SMILES string of the molecule is CN[C@@H]1CCCN(c2cccc(Nc3cnc(-c4ccnc5c4ccn5C)c4c3C(=O)NC4)n2)C1.Cc1cc2c(-c3ncc(Nc4ccc(N5CCC[C@@H](C(C)(C)O)C5)cn4)c4c3CNC4=O)ccnc2n1C.Cn1ccc2c(-c3ncc(Nc4cccc(N5CCCNCC5)n4)c4c3CNC4=O)ccnc21.O=C1NCc2c(-c3cnc4cc(F)ccn34)ccc(Nc3ccc(CN4CCOCC4)cn3)c21. The van der Waals surface area contributed by atoms with Crippen LogP contribution in [0.4, 0.5) is 67.7 Å². The number of rotatable bonds is 19. The maximum Gasteiger partial charge on any atom is 0.254 e. The lowest BCUT2D eigenvalue weighted by Gasteiger charge is -2.39. The number of likely N-dealkylation sites (N-methyl/N-ethyl adjacent to an activating group) is 1. The number of hydrogen-bond donors (Lipinski definition) is 11. The number of carbonyl (C=O) groups excluding carboxylic acids is 4. The zero-order chi connectivity index (χ0) is 96.7. The van der Waals surface area contributed by atoms with Gasteiger partial charge in [-0.1, -0.05) is 24.3 Å². The third-order valence-electron chi connectivity index (χ3n) is 27.9. The normalized spacial score (nSPS) is 16.7. The highest BCUT2D eigenvalue weighted by Gasteiger charge is 2.36.